The van der Waals surface area contributed by atoms with Crippen molar-refractivity contribution in [1.82, 2.24) is 5.32 Å². The Hall–Kier alpha value is -1.40. The molecule has 98 valence electrons. The van der Waals surface area contributed by atoms with Crippen LogP contribution in [0.4, 0.5) is 0 Å². The molecule has 0 radical (unpaired) electrons. The van der Waals surface area contributed by atoms with Gasteiger partial charge >= 0.3 is 5.97 Å². The predicted octanol–water partition coefficient (Wildman–Crippen LogP) is 0.829. The molecule has 5 nitrogen and oxygen atoms in total. The zero-order valence-electron chi connectivity index (χ0n) is 10.5. The van der Waals surface area contributed by atoms with Gasteiger partial charge in [-0.05, 0) is 31.2 Å². The normalized spacial score (nSPS) is 20.5. The van der Waals surface area contributed by atoms with E-state index in [0.29, 0.717) is 5.56 Å². The third-order valence-corrected chi connectivity index (χ3v) is 5.00. The molecule has 1 aliphatic heterocycles. The van der Waals surface area contributed by atoms with Crippen molar-refractivity contribution in [1.29, 1.82) is 0 Å². The summed E-state index contributed by atoms with van der Waals surface area (Å²) in [6.45, 7) is 1.77. The van der Waals surface area contributed by atoms with E-state index in [-0.39, 0.29) is 16.7 Å². The first-order chi connectivity index (χ1) is 8.40. The zero-order chi connectivity index (χ0) is 13.5. The molecule has 1 unspecified atom stereocenters. The maximum atomic E-state index is 12.0. The van der Waals surface area contributed by atoms with Gasteiger partial charge < -0.3 is 10.1 Å². The quantitative estimate of drug-likeness (QED) is 0.805. The van der Waals surface area contributed by atoms with Gasteiger partial charge in [-0.1, -0.05) is 6.07 Å². The van der Waals surface area contributed by atoms with Crippen molar-refractivity contribution in [2.75, 3.05) is 19.9 Å². The first-order valence-electron chi connectivity index (χ1n) is 5.53. The smallest absolute Gasteiger partial charge is 0.338 e. The van der Waals surface area contributed by atoms with E-state index in [1.165, 1.54) is 13.2 Å². The molecule has 6 heteroatoms. The molecular formula is C12H15NO4S. The molecular weight excluding hydrogens is 254 g/mol. The summed E-state index contributed by atoms with van der Waals surface area (Å²) in [5, 5.41) is 2.97. The van der Waals surface area contributed by atoms with Crippen LogP contribution in [0.3, 0.4) is 0 Å². The fourth-order valence-corrected chi connectivity index (χ4v) is 4.04. The summed E-state index contributed by atoms with van der Waals surface area (Å²) in [5.41, 5.74) is 1.75. The lowest BCUT2D eigenvalue weighted by molar-refractivity contribution is 0.0599. The highest BCUT2D eigenvalue weighted by atomic mass is 32.2. The Morgan fingerprint density at radius 3 is 2.67 bits per heavy atom. The first kappa shape index (κ1) is 13.0. The van der Waals surface area contributed by atoms with Crippen LogP contribution in [0.15, 0.2) is 17.0 Å². The highest BCUT2D eigenvalue weighted by molar-refractivity contribution is 7.91. The fourth-order valence-electron chi connectivity index (χ4n) is 2.22. The second kappa shape index (κ2) is 4.37. The number of fused-ring (bicyclic) bond motifs is 1. The van der Waals surface area contributed by atoms with Crippen LogP contribution in [0.25, 0.3) is 0 Å². The Bertz CT molecular complexity index is 607. The number of hydrogen-bond donors (Lipinski definition) is 1. The van der Waals surface area contributed by atoms with Crippen LogP contribution in [0.5, 0.6) is 0 Å². The van der Waals surface area contributed by atoms with Crippen molar-refractivity contribution >= 4 is 15.8 Å². The third kappa shape index (κ3) is 1.91. The molecule has 0 aromatic heterocycles. The van der Waals surface area contributed by atoms with Crippen molar-refractivity contribution in [3.8, 4) is 0 Å². The highest BCUT2D eigenvalue weighted by Crippen LogP contribution is 2.35. The number of hydrogen-bond acceptors (Lipinski definition) is 5. The van der Waals surface area contributed by atoms with E-state index in [1.807, 2.05) is 0 Å². The van der Waals surface area contributed by atoms with Crippen LogP contribution in [-0.2, 0) is 14.6 Å². The van der Waals surface area contributed by atoms with Gasteiger partial charge in [-0.15, -0.1) is 0 Å². The number of ether oxygens (including phenoxy) is 1. The summed E-state index contributed by atoms with van der Waals surface area (Å²) in [6.07, 6.45) is 0. The molecule has 0 aliphatic carbocycles. The summed E-state index contributed by atoms with van der Waals surface area (Å²) in [6, 6.07) is 2.95. The molecule has 0 spiro atoms. The Morgan fingerprint density at radius 2 is 2.11 bits per heavy atom. The van der Waals surface area contributed by atoms with E-state index in [1.54, 1.807) is 20.0 Å². The Morgan fingerprint density at radius 1 is 1.44 bits per heavy atom. The van der Waals surface area contributed by atoms with E-state index in [0.717, 1.165) is 11.1 Å². The fraction of sp³-hybridized carbons (Fsp3) is 0.417. The Labute approximate surface area is 106 Å². The van der Waals surface area contributed by atoms with Gasteiger partial charge in [0.25, 0.3) is 0 Å². The van der Waals surface area contributed by atoms with Crippen molar-refractivity contribution in [2.45, 2.75) is 17.9 Å². The SMILES string of the molecule is CNC1CS(=O)(=O)c2cc(C(=O)OC)c(C)cc21. The summed E-state index contributed by atoms with van der Waals surface area (Å²) >= 11 is 0. The van der Waals surface area contributed by atoms with Crippen molar-refractivity contribution in [3.63, 3.8) is 0 Å². The number of nitrogens with one attached hydrogen (secondary N) is 1. The average molecular weight is 269 g/mol. The van der Waals surface area contributed by atoms with E-state index >= 15 is 0 Å². The molecule has 1 heterocycles. The van der Waals surface area contributed by atoms with Crippen LogP contribution in [-0.4, -0.2) is 34.3 Å². The zero-order valence-corrected chi connectivity index (χ0v) is 11.3. The molecule has 0 saturated carbocycles. The maximum Gasteiger partial charge on any atom is 0.338 e. The predicted molar refractivity (Wildman–Crippen MR) is 66.4 cm³/mol. The molecule has 1 aliphatic rings. The lowest BCUT2D eigenvalue weighted by Gasteiger charge is -2.10. The Kier molecular flexibility index (Phi) is 3.16. The van der Waals surface area contributed by atoms with Crippen molar-refractivity contribution in [2.24, 2.45) is 0 Å². The van der Waals surface area contributed by atoms with Gasteiger partial charge in [0.1, 0.15) is 0 Å². The minimum atomic E-state index is -3.32. The molecule has 2 rings (SSSR count). The topological polar surface area (TPSA) is 72.5 Å². The van der Waals surface area contributed by atoms with E-state index in [2.05, 4.69) is 10.1 Å². The van der Waals surface area contributed by atoms with E-state index in [9.17, 15) is 13.2 Å². The minimum Gasteiger partial charge on any atom is -0.465 e. The van der Waals surface area contributed by atoms with Gasteiger partial charge in [0.05, 0.1) is 23.3 Å². The van der Waals surface area contributed by atoms with Crippen LogP contribution < -0.4 is 5.32 Å². The Balaban J connectivity index is 2.66. The molecule has 18 heavy (non-hydrogen) atoms. The van der Waals surface area contributed by atoms with Crippen LogP contribution in [0.2, 0.25) is 0 Å². The molecule has 1 aromatic rings. The van der Waals surface area contributed by atoms with E-state index < -0.39 is 15.8 Å². The second-order valence-corrected chi connectivity index (χ2v) is 6.32. The number of carbonyl (C=O) groups is 1. The van der Waals surface area contributed by atoms with Gasteiger partial charge in [0.2, 0.25) is 0 Å². The lowest BCUT2D eigenvalue weighted by Crippen LogP contribution is -2.17. The second-order valence-electron chi connectivity index (χ2n) is 4.32. The van der Waals surface area contributed by atoms with Gasteiger partial charge in [-0.2, -0.15) is 0 Å². The molecule has 0 saturated heterocycles. The largest absolute Gasteiger partial charge is 0.465 e. The maximum absolute atomic E-state index is 12.0. The summed E-state index contributed by atoms with van der Waals surface area (Å²) < 4.78 is 28.7. The number of sulfone groups is 1. The van der Waals surface area contributed by atoms with Crippen molar-refractivity contribution < 1.29 is 17.9 Å². The third-order valence-electron chi connectivity index (χ3n) is 3.21. The number of esters is 1. The number of methoxy groups -OCH3 is 1. The van der Waals surface area contributed by atoms with E-state index in [4.69, 9.17) is 0 Å². The van der Waals surface area contributed by atoms with Crippen LogP contribution in [0.1, 0.15) is 27.5 Å². The van der Waals surface area contributed by atoms with Crippen molar-refractivity contribution in [3.05, 3.63) is 28.8 Å². The average Bonchev–Trinajstić information content (AvgIpc) is 2.58. The molecule has 0 bridgehead atoms. The highest BCUT2D eigenvalue weighted by Gasteiger charge is 2.35. The molecule has 0 amide bonds. The summed E-state index contributed by atoms with van der Waals surface area (Å²) in [4.78, 5) is 11.8. The first-order valence-corrected chi connectivity index (χ1v) is 7.19. The van der Waals surface area contributed by atoms with Gasteiger partial charge in [-0.25, -0.2) is 13.2 Å². The molecule has 1 aromatic carbocycles. The standard InChI is InChI=1S/C12H15NO4S/c1-7-4-9-10(13-2)6-18(15,16)11(9)5-8(7)12(14)17-3/h4-5,10,13H,6H2,1-3H3. The van der Waals surface area contributed by atoms with Crippen LogP contribution >= 0.6 is 0 Å². The summed E-state index contributed by atoms with van der Waals surface area (Å²) in [5.74, 6) is -0.485. The molecule has 1 atom stereocenters. The number of rotatable bonds is 2. The van der Waals surface area contributed by atoms with Gasteiger partial charge in [0, 0.05) is 6.04 Å². The summed E-state index contributed by atoms with van der Waals surface area (Å²) in [7, 11) is -0.319. The van der Waals surface area contributed by atoms with Crippen LogP contribution in [0, 0.1) is 6.92 Å². The number of carbonyl (C=O) groups excluding carboxylic acids is 1. The minimum absolute atomic E-state index is 0.0307. The number of benzene rings is 1. The van der Waals surface area contributed by atoms with Gasteiger partial charge in [0.15, 0.2) is 9.84 Å². The lowest BCUT2D eigenvalue weighted by atomic mass is 10.0. The van der Waals surface area contributed by atoms with Gasteiger partial charge in [-0.3, -0.25) is 0 Å². The monoisotopic (exact) mass is 269 g/mol. The number of aryl methyl sites for hydroxylation is 1. The molecule has 0 fully saturated rings. The molecule has 1 N–H and O–H groups in total.